The molecule has 1 aliphatic heterocycles. The molecular weight excluding hydrogens is 202 g/mol. The van der Waals surface area contributed by atoms with Gasteiger partial charge in [0.1, 0.15) is 0 Å². The van der Waals surface area contributed by atoms with Crippen LogP contribution in [0.1, 0.15) is 32.6 Å². The fourth-order valence-electron chi connectivity index (χ4n) is 2.30. The predicted molar refractivity (Wildman–Crippen MR) is 64.0 cm³/mol. The van der Waals surface area contributed by atoms with Crippen molar-refractivity contribution in [1.29, 1.82) is 0 Å². The molecule has 0 aromatic heterocycles. The summed E-state index contributed by atoms with van der Waals surface area (Å²) in [5.41, 5.74) is 5.48. The van der Waals surface area contributed by atoms with Crippen molar-refractivity contribution in [2.75, 3.05) is 19.6 Å². The SMILES string of the molecule is CC(CN)C(=O)NC1CCN(C2CC2)CC1. The van der Waals surface area contributed by atoms with Gasteiger partial charge < -0.3 is 16.0 Å². The molecular formula is C12H23N3O. The molecule has 1 saturated heterocycles. The van der Waals surface area contributed by atoms with Gasteiger partial charge in [-0.1, -0.05) is 6.92 Å². The summed E-state index contributed by atoms with van der Waals surface area (Å²) in [5, 5.41) is 3.10. The zero-order valence-electron chi connectivity index (χ0n) is 10.1. The first-order chi connectivity index (χ1) is 7.70. The van der Waals surface area contributed by atoms with Gasteiger partial charge in [-0.05, 0) is 25.7 Å². The molecule has 0 aromatic rings. The van der Waals surface area contributed by atoms with Crippen LogP contribution in [0, 0.1) is 5.92 Å². The van der Waals surface area contributed by atoms with E-state index in [0.29, 0.717) is 12.6 Å². The summed E-state index contributed by atoms with van der Waals surface area (Å²) in [6.45, 7) is 4.61. The maximum absolute atomic E-state index is 11.7. The van der Waals surface area contributed by atoms with E-state index in [0.717, 1.165) is 32.0 Å². The van der Waals surface area contributed by atoms with Crippen molar-refractivity contribution in [3.05, 3.63) is 0 Å². The van der Waals surface area contributed by atoms with Crippen LogP contribution in [0.5, 0.6) is 0 Å². The Labute approximate surface area is 97.6 Å². The van der Waals surface area contributed by atoms with Crippen LogP contribution in [0.15, 0.2) is 0 Å². The van der Waals surface area contributed by atoms with Gasteiger partial charge in [0.15, 0.2) is 0 Å². The second-order valence-corrected chi connectivity index (χ2v) is 5.19. The highest BCUT2D eigenvalue weighted by Gasteiger charge is 2.32. The highest BCUT2D eigenvalue weighted by atomic mass is 16.1. The Hall–Kier alpha value is -0.610. The Morgan fingerprint density at radius 3 is 2.50 bits per heavy atom. The first-order valence-electron chi connectivity index (χ1n) is 6.45. The molecule has 2 aliphatic rings. The van der Waals surface area contributed by atoms with E-state index in [1.807, 2.05) is 6.92 Å². The number of hydrogen-bond donors (Lipinski definition) is 2. The van der Waals surface area contributed by atoms with Crippen LogP contribution in [0.25, 0.3) is 0 Å². The van der Waals surface area contributed by atoms with Crippen LogP contribution in [-0.4, -0.2) is 42.5 Å². The zero-order chi connectivity index (χ0) is 11.5. The maximum atomic E-state index is 11.7. The summed E-state index contributed by atoms with van der Waals surface area (Å²) < 4.78 is 0. The molecule has 0 aromatic carbocycles. The average Bonchev–Trinajstić information content (AvgIpc) is 3.13. The van der Waals surface area contributed by atoms with E-state index in [9.17, 15) is 4.79 Å². The number of piperidine rings is 1. The van der Waals surface area contributed by atoms with Gasteiger partial charge in [-0.25, -0.2) is 0 Å². The summed E-state index contributed by atoms with van der Waals surface area (Å²) in [5.74, 6) is 0.0637. The van der Waals surface area contributed by atoms with Crippen molar-refractivity contribution < 1.29 is 4.79 Å². The van der Waals surface area contributed by atoms with Crippen LogP contribution in [0.4, 0.5) is 0 Å². The molecule has 1 atom stereocenters. The lowest BCUT2D eigenvalue weighted by atomic mass is 10.0. The second-order valence-electron chi connectivity index (χ2n) is 5.19. The van der Waals surface area contributed by atoms with Gasteiger partial charge >= 0.3 is 0 Å². The number of nitrogens with two attached hydrogens (primary N) is 1. The lowest BCUT2D eigenvalue weighted by Crippen LogP contribution is -2.47. The number of amides is 1. The minimum atomic E-state index is -0.0542. The Kier molecular flexibility index (Phi) is 3.82. The molecule has 1 saturated carbocycles. The van der Waals surface area contributed by atoms with E-state index >= 15 is 0 Å². The molecule has 0 radical (unpaired) electrons. The van der Waals surface area contributed by atoms with E-state index < -0.39 is 0 Å². The van der Waals surface area contributed by atoms with Gasteiger partial charge in [-0.3, -0.25) is 4.79 Å². The number of nitrogens with one attached hydrogen (secondary N) is 1. The molecule has 92 valence electrons. The number of carbonyl (C=O) groups excluding carboxylic acids is 1. The maximum Gasteiger partial charge on any atom is 0.224 e. The van der Waals surface area contributed by atoms with E-state index in [1.54, 1.807) is 0 Å². The highest BCUT2D eigenvalue weighted by Crippen LogP contribution is 2.29. The molecule has 2 fully saturated rings. The first-order valence-corrected chi connectivity index (χ1v) is 6.45. The van der Waals surface area contributed by atoms with E-state index in [-0.39, 0.29) is 11.8 Å². The van der Waals surface area contributed by atoms with E-state index in [2.05, 4.69) is 10.2 Å². The molecule has 4 heteroatoms. The molecule has 1 amide bonds. The molecule has 1 aliphatic carbocycles. The lowest BCUT2D eigenvalue weighted by Gasteiger charge is -2.32. The standard InChI is InChI=1S/C12H23N3O/c1-9(8-13)12(16)14-10-4-6-15(7-5-10)11-2-3-11/h9-11H,2-8,13H2,1H3,(H,14,16). The summed E-state index contributed by atoms with van der Waals surface area (Å²) in [7, 11) is 0. The van der Waals surface area contributed by atoms with Crippen LogP contribution >= 0.6 is 0 Å². The van der Waals surface area contributed by atoms with Gasteiger partial charge in [0.25, 0.3) is 0 Å². The van der Waals surface area contributed by atoms with E-state index in [4.69, 9.17) is 5.73 Å². The minimum Gasteiger partial charge on any atom is -0.353 e. The van der Waals surface area contributed by atoms with Crippen molar-refractivity contribution in [2.24, 2.45) is 11.7 Å². The Morgan fingerprint density at radius 2 is 2.00 bits per heavy atom. The zero-order valence-corrected chi connectivity index (χ0v) is 10.1. The molecule has 0 bridgehead atoms. The average molecular weight is 225 g/mol. The van der Waals surface area contributed by atoms with E-state index in [1.165, 1.54) is 12.8 Å². The molecule has 3 N–H and O–H groups in total. The topological polar surface area (TPSA) is 58.4 Å². The van der Waals surface area contributed by atoms with Crippen molar-refractivity contribution in [2.45, 2.75) is 44.7 Å². The van der Waals surface area contributed by atoms with Crippen molar-refractivity contribution in [3.8, 4) is 0 Å². The fourth-order valence-corrected chi connectivity index (χ4v) is 2.30. The number of nitrogens with zero attached hydrogens (tertiary/aromatic N) is 1. The van der Waals surface area contributed by atoms with Crippen molar-refractivity contribution >= 4 is 5.91 Å². The number of rotatable bonds is 4. The molecule has 16 heavy (non-hydrogen) atoms. The molecule has 2 rings (SSSR count). The fraction of sp³-hybridized carbons (Fsp3) is 0.917. The highest BCUT2D eigenvalue weighted by molar-refractivity contribution is 5.78. The monoisotopic (exact) mass is 225 g/mol. The van der Waals surface area contributed by atoms with Crippen LogP contribution in [-0.2, 0) is 4.79 Å². The molecule has 0 spiro atoms. The summed E-state index contributed by atoms with van der Waals surface area (Å²) in [6.07, 6.45) is 4.95. The smallest absolute Gasteiger partial charge is 0.224 e. The number of likely N-dealkylation sites (tertiary alicyclic amines) is 1. The molecule has 1 unspecified atom stereocenters. The van der Waals surface area contributed by atoms with Gasteiger partial charge in [0.05, 0.1) is 0 Å². The Morgan fingerprint density at radius 1 is 1.38 bits per heavy atom. The van der Waals surface area contributed by atoms with Gasteiger partial charge in [0, 0.05) is 37.6 Å². The Balaban J connectivity index is 1.70. The summed E-state index contributed by atoms with van der Waals surface area (Å²) >= 11 is 0. The summed E-state index contributed by atoms with van der Waals surface area (Å²) in [6, 6.07) is 1.23. The lowest BCUT2D eigenvalue weighted by molar-refractivity contribution is -0.125. The number of carbonyl (C=O) groups is 1. The predicted octanol–water partition coefficient (Wildman–Crippen LogP) is 0.324. The van der Waals surface area contributed by atoms with Gasteiger partial charge in [-0.2, -0.15) is 0 Å². The van der Waals surface area contributed by atoms with Crippen molar-refractivity contribution in [3.63, 3.8) is 0 Å². The van der Waals surface area contributed by atoms with Crippen LogP contribution in [0.2, 0.25) is 0 Å². The quantitative estimate of drug-likeness (QED) is 0.724. The largest absolute Gasteiger partial charge is 0.353 e. The Bertz CT molecular complexity index is 245. The first kappa shape index (κ1) is 11.9. The van der Waals surface area contributed by atoms with Crippen LogP contribution in [0.3, 0.4) is 0 Å². The van der Waals surface area contributed by atoms with Gasteiger partial charge in [-0.15, -0.1) is 0 Å². The third-order valence-electron chi connectivity index (χ3n) is 3.74. The molecule has 1 heterocycles. The second kappa shape index (κ2) is 5.15. The minimum absolute atomic E-state index is 0.0542. The number of hydrogen-bond acceptors (Lipinski definition) is 3. The van der Waals surface area contributed by atoms with Gasteiger partial charge in [0.2, 0.25) is 5.91 Å². The van der Waals surface area contributed by atoms with Crippen molar-refractivity contribution in [1.82, 2.24) is 10.2 Å². The van der Waals surface area contributed by atoms with Crippen LogP contribution < -0.4 is 11.1 Å². The third-order valence-corrected chi connectivity index (χ3v) is 3.74. The third kappa shape index (κ3) is 2.95. The normalized spacial score (nSPS) is 25.4. The molecule has 4 nitrogen and oxygen atoms in total. The summed E-state index contributed by atoms with van der Waals surface area (Å²) in [4.78, 5) is 14.2.